The van der Waals surface area contributed by atoms with Crippen LogP contribution in [0.1, 0.15) is 16.2 Å². The Morgan fingerprint density at radius 3 is 2.69 bits per heavy atom. The predicted octanol–water partition coefficient (Wildman–Crippen LogP) is 3.59. The molecule has 9 nitrogen and oxygen atoms in total. The Morgan fingerprint density at radius 1 is 1.06 bits per heavy atom. The molecule has 3 aromatic carbocycles. The number of amides is 1. The largest absolute Gasteiger partial charge is 0.495 e. The van der Waals surface area contributed by atoms with Crippen molar-refractivity contribution >= 4 is 34.0 Å². The number of ether oxygens (including phenoxy) is 1. The number of methoxy groups -OCH3 is 1. The Bertz CT molecular complexity index is 1640. The zero-order chi connectivity index (χ0) is 24.5. The lowest BCUT2D eigenvalue weighted by atomic mass is 10.2. The Hall–Kier alpha value is -4.73. The number of carbonyl (C=O) groups is 1. The van der Waals surface area contributed by atoms with Gasteiger partial charge < -0.3 is 15.4 Å². The quantitative estimate of drug-likeness (QED) is 0.392. The van der Waals surface area contributed by atoms with Gasteiger partial charge in [-0.25, -0.2) is 4.39 Å². The number of para-hydroxylation sites is 1. The lowest BCUT2D eigenvalue weighted by molar-refractivity contribution is 0.102. The van der Waals surface area contributed by atoms with Gasteiger partial charge in [0.05, 0.1) is 30.2 Å². The van der Waals surface area contributed by atoms with Crippen LogP contribution in [0.2, 0.25) is 0 Å². The molecule has 5 rings (SSSR count). The van der Waals surface area contributed by atoms with Gasteiger partial charge in [-0.2, -0.15) is 0 Å². The molecule has 5 aromatic rings. The van der Waals surface area contributed by atoms with Crippen molar-refractivity contribution in [3.05, 3.63) is 94.3 Å². The van der Waals surface area contributed by atoms with Crippen molar-refractivity contribution in [3.8, 4) is 5.75 Å². The summed E-state index contributed by atoms with van der Waals surface area (Å²) < 4.78 is 22.2. The topological polar surface area (TPSA) is 103 Å². The summed E-state index contributed by atoms with van der Waals surface area (Å²) in [5, 5.41) is 15.1. The van der Waals surface area contributed by atoms with E-state index in [0.29, 0.717) is 46.2 Å². The van der Waals surface area contributed by atoms with Crippen LogP contribution in [0.25, 0.3) is 16.7 Å². The molecule has 2 aromatic heterocycles. The van der Waals surface area contributed by atoms with Gasteiger partial charge in [-0.3, -0.25) is 18.6 Å². The molecule has 0 aliphatic rings. The molecule has 0 aliphatic carbocycles. The number of hydrogen-bond acceptors (Lipinski definition) is 6. The fourth-order valence-corrected chi connectivity index (χ4v) is 3.93. The highest BCUT2D eigenvalue weighted by molar-refractivity contribution is 6.05. The minimum Gasteiger partial charge on any atom is -0.495 e. The van der Waals surface area contributed by atoms with Crippen LogP contribution in [0.5, 0.6) is 5.75 Å². The number of rotatable bonds is 6. The molecule has 0 saturated carbocycles. The SMILES string of the molecule is COc1ccc(NCc2nnc3n(C)c(=O)c4ccccc4n23)cc1NC(=O)c1cccc(F)c1. The third-order valence-corrected chi connectivity index (χ3v) is 5.68. The molecule has 1 amide bonds. The van der Waals surface area contributed by atoms with Crippen LogP contribution in [0.4, 0.5) is 15.8 Å². The lowest BCUT2D eigenvalue weighted by Crippen LogP contribution is -2.20. The van der Waals surface area contributed by atoms with E-state index in [2.05, 4.69) is 20.8 Å². The summed E-state index contributed by atoms with van der Waals surface area (Å²) in [6, 6.07) is 18.0. The van der Waals surface area contributed by atoms with Gasteiger partial charge in [-0.05, 0) is 48.5 Å². The van der Waals surface area contributed by atoms with Crippen LogP contribution in [0.15, 0.2) is 71.5 Å². The molecule has 0 atom stereocenters. The monoisotopic (exact) mass is 472 g/mol. The number of nitrogens with zero attached hydrogens (tertiary/aromatic N) is 4. The maximum Gasteiger partial charge on any atom is 0.262 e. The normalized spacial score (nSPS) is 11.1. The Morgan fingerprint density at radius 2 is 1.89 bits per heavy atom. The van der Waals surface area contributed by atoms with E-state index in [0.717, 1.165) is 6.07 Å². The Kier molecular flexibility index (Phi) is 5.61. The van der Waals surface area contributed by atoms with Gasteiger partial charge in [0.2, 0.25) is 5.78 Å². The highest BCUT2D eigenvalue weighted by Gasteiger charge is 2.15. The number of carbonyl (C=O) groups excluding carboxylic acids is 1. The predicted molar refractivity (Wildman–Crippen MR) is 130 cm³/mol. The number of fused-ring (bicyclic) bond motifs is 3. The van der Waals surface area contributed by atoms with E-state index >= 15 is 0 Å². The number of benzene rings is 3. The average Bonchev–Trinajstić information content (AvgIpc) is 3.30. The fraction of sp³-hybridized carbons (Fsp3) is 0.120. The van der Waals surface area contributed by atoms with Gasteiger partial charge in [-0.15, -0.1) is 10.2 Å². The molecular weight excluding hydrogens is 451 g/mol. The van der Waals surface area contributed by atoms with E-state index in [1.807, 2.05) is 22.6 Å². The molecule has 0 bridgehead atoms. The van der Waals surface area contributed by atoms with Crippen molar-refractivity contribution in [2.45, 2.75) is 6.54 Å². The smallest absolute Gasteiger partial charge is 0.262 e. The third-order valence-electron chi connectivity index (χ3n) is 5.68. The molecule has 0 fully saturated rings. The maximum atomic E-state index is 13.5. The molecule has 176 valence electrons. The summed E-state index contributed by atoms with van der Waals surface area (Å²) >= 11 is 0. The summed E-state index contributed by atoms with van der Waals surface area (Å²) in [6.45, 7) is 0.299. The van der Waals surface area contributed by atoms with E-state index in [1.54, 1.807) is 31.3 Å². The summed E-state index contributed by atoms with van der Waals surface area (Å²) in [6.07, 6.45) is 0. The summed E-state index contributed by atoms with van der Waals surface area (Å²) in [7, 11) is 3.16. The first-order valence-electron chi connectivity index (χ1n) is 10.8. The molecule has 0 radical (unpaired) electrons. The first kappa shape index (κ1) is 22.1. The average molecular weight is 472 g/mol. The number of halogens is 1. The summed E-state index contributed by atoms with van der Waals surface area (Å²) in [5.41, 5.74) is 1.87. The minimum atomic E-state index is -0.495. The molecule has 0 unspecified atom stereocenters. The molecule has 35 heavy (non-hydrogen) atoms. The maximum absolute atomic E-state index is 13.5. The summed E-state index contributed by atoms with van der Waals surface area (Å²) in [5.74, 6) is 0.534. The number of aryl methyl sites for hydroxylation is 1. The zero-order valence-corrected chi connectivity index (χ0v) is 18.9. The van der Waals surface area contributed by atoms with Gasteiger partial charge in [0.15, 0.2) is 5.82 Å². The van der Waals surface area contributed by atoms with Crippen LogP contribution in [-0.2, 0) is 13.6 Å². The third kappa shape index (κ3) is 4.05. The zero-order valence-electron chi connectivity index (χ0n) is 18.9. The van der Waals surface area contributed by atoms with Gasteiger partial charge >= 0.3 is 0 Å². The lowest BCUT2D eigenvalue weighted by Gasteiger charge is -2.13. The van der Waals surface area contributed by atoms with E-state index in [9.17, 15) is 14.0 Å². The van der Waals surface area contributed by atoms with Crippen molar-refractivity contribution in [1.29, 1.82) is 0 Å². The van der Waals surface area contributed by atoms with Crippen LogP contribution in [0.3, 0.4) is 0 Å². The van der Waals surface area contributed by atoms with E-state index < -0.39 is 11.7 Å². The van der Waals surface area contributed by atoms with Crippen LogP contribution in [0, 0.1) is 5.82 Å². The van der Waals surface area contributed by atoms with Crippen molar-refractivity contribution in [1.82, 2.24) is 19.2 Å². The number of aromatic nitrogens is 4. The number of nitrogens with one attached hydrogen (secondary N) is 2. The van der Waals surface area contributed by atoms with E-state index in [4.69, 9.17) is 4.74 Å². The molecule has 0 saturated heterocycles. The molecule has 2 N–H and O–H groups in total. The molecule has 0 spiro atoms. The van der Waals surface area contributed by atoms with Crippen LogP contribution >= 0.6 is 0 Å². The first-order valence-corrected chi connectivity index (χ1v) is 10.8. The minimum absolute atomic E-state index is 0.145. The van der Waals surface area contributed by atoms with Crippen molar-refractivity contribution in [3.63, 3.8) is 0 Å². The Balaban J connectivity index is 1.44. The molecular formula is C25H21FN6O3. The second-order valence-corrected chi connectivity index (χ2v) is 7.87. The van der Waals surface area contributed by atoms with E-state index in [-0.39, 0.29) is 11.1 Å². The van der Waals surface area contributed by atoms with Crippen molar-refractivity contribution < 1.29 is 13.9 Å². The molecule has 2 heterocycles. The van der Waals surface area contributed by atoms with Crippen molar-refractivity contribution in [2.24, 2.45) is 7.05 Å². The van der Waals surface area contributed by atoms with Gasteiger partial charge in [0.25, 0.3) is 11.5 Å². The van der Waals surface area contributed by atoms with Crippen LogP contribution < -0.4 is 20.9 Å². The second-order valence-electron chi connectivity index (χ2n) is 7.87. The highest BCUT2D eigenvalue weighted by atomic mass is 19.1. The van der Waals surface area contributed by atoms with Gasteiger partial charge in [-0.1, -0.05) is 18.2 Å². The standard InChI is InChI=1S/C25H21FN6O3/c1-31-24(34)18-8-3-4-9-20(18)32-22(29-30-25(31)32)14-27-17-10-11-21(35-2)19(13-17)28-23(33)15-6-5-7-16(26)12-15/h3-13,27H,14H2,1-2H3,(H,28,33). The van der Waals surface area contributed by atoms with Crippen molar-refractivity contribution in [2.75, 3.05) is 17.7 Å². The fourth-order valence-electron chi connectivity index (χ4n) is 3.93. The first-order chi connectivity index (χ1) is 17.0. The molecule has 10 heteroatoms. The Labute approximate surface area is 198 Å². The number of hydrogen-bond donors (Lipinski definition) is 2. The van der Waals surface area contributed by atoms with Crippen LogP contribution in [-0.4, -0.2) is 32.2 Å². The van der Waals surface area contributed by atoms with E-state index in [1.165, 1.54) is 29.9 Å². The summed E-state index contributed by atoms with van der Waals surface area (Å²) in [4.78, 5) is 25.3. The number of anilines is 2. The second kappa shape index (κ2) is 8.90. The van der Waals surface area contributed by atoms with Gasteiger partial charge in [0, 0.05) is 18.3 Å². The van der Waals surface area contributed by atoms with Gasteiger partial charge in [0.1, 0.15) is 11.6 Å². The highest BCUT2D eigenvalue weighted by Crippen LogP contribution is 2.29. The molecule has 0 aliphatic heterocycles.